The van der Waals surface area contributed by atoms with Gasteiger partial charge in [0.2, 0.25) is 0 Å². The largest absolute Gasteiger partial charge is 0.351 e. The molecule has 2 aliphatic carbocycles. The van der Waals surface area contributed by atoms with E-state index in [1.165, 1.54) is 25.7 Å². The second kappa shape index (κ2) is 4.78. The Morgan fingerprint density at radius 3 is 2.78 bits per heavy atom. The van der Waals surface area contributed by atoms with Gasteiger partial charge in [0.15, 0.2) is 0 Å². The topological polar surface area (TPSA) is 29.1 Å². The normalized spacial score (nSPS) is 20.6. The van der Waals surface area contributed by atoms with Gasteiger partial charge in [-0.2, -0.15) is 0 Å². The summed E-state index contributed by atoms with van der Waals surface area (Å²) >= 11 is 5.63. The Balaban J connectivity index is 1.65. The van der Waals surface area contributed by atoms with E-state index in [-0.39, 0.29) is 5.91 Å². The summed E-state index contributed by atoms with van der Waals surface area (Å²) in [7, 11) is 0. The molecule has 2 fully saturated rings. The first-order valence-electron chi connectivity index (χ1n) is 6.34. The predicted molar refractivity (Wildman–Crippen MR) is 83.6 cm³/mol. The zero-order valence-electron chi connectivity index (χ0n) is 10.0. The lowest BCUT2D eigenvalue weighted by Gasteiger charge is -2.15. The lowest BCUT2D eigenvalue weighted by molar-refractivity contribution is 0.0941. The summed E-state index contributed by atoms with van der Waals surface area (Å²) in [5.41, 5.74) is 1.24. The van der Waals surface area contributed by atoms with Crippen molar-refractivity contribution in [1.82, 2.24) is 5.32 Å². The van der Waals surface area contributed by atoms with Gasteiger partial charge in [0.1, 0.15) is 0 Å². The Hall–Kier alpha value is -0.100. The summed E-state index contributed by atoms with van der Waals surface area (Å²) in [6.45, 7) is 0.860. The second-order valence-corrected chi connectivity index (χ2v) is 7.52. The fraction of sp³-hybridized carbons (Fsp3) is 0.500. The number of nitrogens with one attached hydrogen (secondary N) is 1. The highest BCUT2D eigenvalue weighted by molar-refractivity contribution is 14.1. The van der Waals surface area contributed by atoms with Gasteiger partial charge in [-0.05, 0) is 77.8 Å². The molecule has 1 aromatic carbocycles. The molecule has 1 aromatic rings. The Morgan fingerprint density at radius 1 is 1.44 bits per heavy atom. The Kier molecular flexibility index (Phi) is 3.43. The first-order chi connectivity index (χ1) is 8.61. The molecule has 0 radical (unpaired) electrons. The van der Waals surface area contributed by atoms with Crippen molar-refractivity contribution in [1.29, 1.82) is 0 Å². The van der Waals surface area contributed by atoms with Crippen molar-refractivity contribution >= 4 is 44.4 Å². The molecule has 2 saturated carbocycles. The lowest BCUT2D eigenvalue weighted by atomic mass is 10.0. The third-order valence-electron chi connectivity index (χ3n) is 4.11. The third-order valence-corrected chi connectivity index (χ3v) is 5.54. The molecule has 0 aromatic heterocycles. The third kappa shape index (κ3) is 2.59. The van der Waals surface area contributed by atoms with Crippen molar-refractivity contribution in [3.8, 4) is 0 Å². The van der Waals surface area contributed by atoms with Crippen molar-refractivity contribution in [3.63, 3.8) is 0 Å². The van der Waals surface area contributed by atoms with E-state index in [0.717, 1.165) is 26.1 Å². The molecular formula is C14H15BrINO. The first-order valence-corrected chi connectivity index (χ1v) is 8.21. The van der Waals surface area contributed by atoms with Crippen LogP contribution in [0.2, 0.25) is 0 Å². The van der Waals surface area contributed by atoms with E-state index in [1.54, 1.807) is 0 Å². The van der Waals surface area contributed by atoms with E-state index < -0.39 is 0 Å². The minimum Gasteiger partial charge on any atom is -0.351 e. The van der Waals surface area contributed by atoms with Crippen molar-refractivity contribution < 1.29 is 4.79 Å². The van der Waals surface area contributed by atoms with Gasteiger partial charge >= 0.3 is 0 Å². The molecule has 2 aliphatic rings. The van der Waals surface area contributed by atoms with E-state index in [2.05, 4.69) is 43.8 Å². The van der Waals surface area contributed by atoms with Crippen LogP contribution in [0.4, 0.5) is 0 Å². The summed E-state index contributed by atoms with van der Waals surface area (Å²) in [5, 5.41) is 3.13. The fourth-order valence-electron chi connectivity index (χ4n) is 2.61. The van der Waals surface area contributed by atoms with E-state index >= 15 is 0 Å². The minimum atomic E-state index is 0.0626. The van der Waals surface area contributed by atoms with Gasteiger partial charge in [-0.1, -0.05) is 15.9 Å². The van der Waals surface area contributed by atoms with Gasteiger partial charge in [-0.25, -0.2) is 0 Å². The van der Waals surface area contributed by atoms with Crippen LogP contribution in [0.3, 0.4) is 0 Å². The Labute approximate surface area is 129 Å². The molecule has 0 spiro atoms. The van der Waals surface area contributed by atoms with E-state index in [9.17, 15) is 4.79 Å². The van der Waals surface area contributed by atoms with Crippen LogP contribution in [0.5, 0.6) is 0 Å². The maximum absolute atomic E-state index is 12.2. The van der Waals surface area contributed by atoms with Crippen LogP contribution in [0.15, 0.2) is 22.7 Å². The lowest BCUT2D eigenvalue weighted by Crippen LogP contribution is -2.31. The summed E-state index contributed by atoms with van der Waals surface area (Å²) in [4.78, 5) is 12.2. The first kappa shape index (κ1) is 12.9. The van der Waals surface area contributed by atoms with Crippen LogP contribution in [0.1, 0.15) is 36.0 Å². The average Bonchev–Trinajstić information content (AvgIpc) is 3.21. The minimum absolute atomic E-state index is 0.0626. The fourth-order valence-corrected chi connectivity index (χ4v) is 3.55. The molecule has 2 nitrogen and oxygen atoms in total. The van der Waals surface area contributed by atoms with Crippen molar-refractivity contribution in [2.75, 3.05) is 6.54 Å². The molecule has 0 atom stereocenters. The van der Waals surface area contributed by atoms with Gasteiger partial charge < -0.3 is 5.32 Å². The zero-order chi connectivity index (χ0) is 12.8. The number of amides is 1. The number of benzene rings is 1. The highest BCUT2D eigenvalue weighted by atomic mass is 127. The van der Waals surface area contributed by atoms with Crippen LogP contribution in [0.25, 0.3) is 0 Å². The van der Waals surface area contributed by atoms with E-state index in [1.807, 2.05) is 18.2 Å². The molecule has 1 N–H and O–H groups in total. The Bertz CT molecular complexity index is 495. The molecule has 0 heterocycles. The molecular weight excluding hydrogens is 405 g/mol. The smallest absolute Gasteiger partial charge is 0.252 e. The molecule has 3 rings (SSSR count). The van der Waals surface area contributed by atoms with Gasteiger partial charge in [-0.15, -0.1) is 0 Å². The predicted octanol–water partition coefficient (Wildman–Crippen LogP) is 3.97. The zero-order valence-corrected chi connectivity index (χ0v) is 13.8. The van der Waals surface area contributed by atoms with Crippen LogP contribution < -0.4 is 5.32 Å². The molecule has 0 aliphatic heterocycles. The molecule has 0 bridgehead atoms. The van der Waals surface area contributed by atoms with Crippen LogP contribution >= 0.6 is 38.5 Å². The second-order valence-electron chi connectivity index (χ2n) is 5.44. The summed E-state index contributed by atoms with van der Waals surface area (Å²) in [6, 6.07) is 5.83. The molecule has 0 unspecified atom stereocenters. The molecule has 96 valence electrons. The van der Waals surface area contributed by atoms with Crippen LogP contribution in [0, 0.1) is 14.9 Å². The number of rotatable bonds is 4. The van der Waals surface area contributed by atoms with Crippen molar-refractivity contribution in [2.24, 2.45) is 11.3 Å². The Morgan fingerprint density at radius 2 is 2.17 bits per heavy atom. The van der Waals surface area contributed by atoms with Gasteiger partial charge in [0.25, 0.3) is 5.91 Å². The maximum Gasteiger partial charge on any atom is 0.252 e. The summed E-state index contributed by atoms with van der Waals surface area (Å²) < 4.78 is 1.96. The monoisotopic (exact) mass is 419 g/mol. The van der Waals surface area contributed by atoms with Crippen molar-refractivity contribution in [3.05, 3.63) is 31.8 Å². The number of carbonyl (C=O) groups is 1. The van der Waals surface area contributed by atoms with Crippen LogP contribution in [-0.2, 0) is 0 Å². The van der Waals surface area contributed by atoms with Crippen molar-refractivity contribution in [2.45, 2.75) is 25.7 Å². The van der Waals surface area contributed by atoms with Gasteiger partial charge in [0.05, 0.1) is 5.56 Å². The van der Waals surface area contributed by atoms with E-state index in [4.69, 9.17) is 0 Å². The highest BCUT2D eigenvalue weighted by Crippen LogP contribution is 2.60. The summed E-state index contributed by atoms with van der Waals surface area (Å²) in [5.74, 6) is 0.951. The van der Waals surface area contributed by atoms with Crippen LogP contribution in [-0.4, -0.2) is 12.5 Å². The molecule has 18 heavy (non-hydrogen) atoms. The SMILES string of the molecule is O=C(NCC1(C2CC2)CC1)c1cc(Br)ccc1I. The number of carbonyl (C=O) groups excluding carboxylic acids is 1. The number of hydrogen-bond donors (Lipinski definition) is 1. The molecule has 0 saturated heterocycles. The molecule has 4 heteroatoms. The molecule has 1 amide bonds. The van der Waals surface area contributed by atoms with E-state index in [0.29, 0.717) is 5.41 Å². The summed E-state index contributed by atoms with van der Waals surface area (Å²) in [6.07, 6.45) is 5.33. The average molecular weight is 420 g/mol. The van der Waals surface area contributed by atoms with Gasteiger partial charge in [-0.3, -0.25) is 4.79 Å². The number of halogens is 2. The number of hydrogen-bond acceptors (Lipinski definition) is 1. The highest BCUT2D eigenvalue weighted by Gasteiger charge is 2.53. The maximum atomic E-state index is 12.2. The standard InChI is InChI=1S/C14H15BrINO/c15-10-3-4-12(16)11(7-10)13(18)17-8-14(5-6-14)9-1-2-9/h3-4,7,9H,1-2,5-6,8H2,(H,17,18). The van der Waals surface area contributed by atoms with Gasteiger partial charge in [0, 0.05) is 14.6 Å². The quantitative estimate of drug-likeness (QED) is 0.735.